The molecule has 1 aromatic carbocycles. The van der Waals surface area contributed by atoms with E-state index in [1.165, 1.54) is 0 Å². The van der Waals surface area contributed by atoms with Crippen molar-refractivity contribution in [1.82, 2.24) is 9.97 Å². The lowest BCUT2D eigenvalue weighted by Gasteiger charge is -2.36. The number of hydrogen-bond acceptors (Lipinski definition) is 5. The van der Waals surface area contributed by atoms with Crippen molar-refractivity contribution in [2.45, 2.75) is 19.4 Å². The fraction of sp³-hybridized carbons (Fsp3) is 0.267. The minimum atomic E-state index is -0.398. The van der Waals surface area contributed by atoms with Gasteiger partial charge < -0.3 is 5.73 Å². The number of aromatic nitrogens is 2. The second-order valence-electron chi connectivity index (χ2n) is 5.16. The molecule has 0 amide bonds. The molecule has 0 spiro atoms. The summed E-state index contributed by atoms with van der Waals surface area (Å²) in [7, 11) is 0. The van der Waals surface area contributed by atoms with Crippen LogP contribution in [0.25, 0.3) is 0 Å². The molecule has 1 aromatic heterocycles. The summed E-state index contributed by atoms with van der Waals surface area (Å²) in [4.78, 5) is 15.1. The predicted molar refractivity (Wildman–Crippen MR) is 79.5 cm³/mol. The van der Waals surface area contributed by atoms with Gasteiger partial charge in [0.1, 0.15) is 5.54 Å². The van der Waals surface area contributed by atoms with E-state index < -0.39 is 5.54 Å². The molecule has 0 aliphatic carbocycles. The Hall–Kier alpha value is -2.43. The Morgan fingerprint density at radius 3 is 2.75 bits per heavy atom. The lowest BCUT2D eigenvalue weighted by molar-refractivity contribution is 0.512. The average molecular weight is 267 g/mol. The first kappa shape index (κ1) is 12.6. The van der Waals surface area contributed by atoms with Gasteiger partial charge in [0.15, 0.2) is 5.96 Å². The van der Waals surface area contributed by atoms with E-state index in [1.54, 1.807) is 18.6 Å². The molecule has 20 heavy (non-hydrogen) atoms. The summed E-state index contributed by atoms with van der Waals surface area (Å²) in [6, 6.07) is 8.14. The third-order valence-electron chi connectivity index (χ3n) is 3.74. The van der Waals surface area contributed by atoms with Gasteiger partial charge in [-0.3, -0.25) is 19.9 Å². The lowest BCUT2D eigenvalue weighted by Crippen LogP contribution is -2.48. The summed E-state index contributed by atoms with van der Waals surface area (Å²) in [6.45, 7) is 4.73. The molecule has 1 atom stereocenters. The van der Waals surface area contributed by atoms with Crippen molar-refractivity contribution >= 4 is 11.6 Å². The van der Waals surface area contributed by atoms with Crippen LogP contribution in [0.1, 0.15) is 18.2 Å². The Morgan fingerprint density at radius 1 is 1.25 bits per heavy atom. The SMILES string of the molecule is Cc1ccccc1N1C(N)=NCC1(C)c1cnccn1. The molecular weight excluding hydrogens is 250 g/mol. The van der Waals surface area contributed by atoms with Crippen LogP contribution < -0.4 is 10.6 Å². The second-order valence-corrected chi connectivity index (χ2v) is 5.16. The van der Waals surface area contributed by atoms with Crippen molar-refractivity contribution in [2.75, 3.05) is 11.4 Å². The smallest absolute Gasteiger partial charge is 0.196 e. The third-order valence-corrected chi connectivity index (χ3v) is 3.74. The average Bonchev–Trinajstić information content (AvgIpc) is 2.78. The molecule has 0 saturated heterocycles. The molecule has 5 nitrogen and oxygen atoms in total. The molecule has 3 rings (SSSR count). The van der Waals surface area contributed by atoms with E-state index in [9.17, 15) is 0 Å². The molecule has 1 unspecified atom stereocenters. The van der Waals surface area contributed by atoms with Gasteiger partial charge in [0.2, 0.25) is 0 Å². The first-order chi connectivity index (χ1) is 9.63. The number of para-hydroxylation sites is 1. The van der Waals surface area contributed by atoms with Crippen molar-refractivity contribution in [3.05, 3.63) is 54.1 Å². The molecule has 0 radical (unpaired) electrons. The summed E-state index contributed by atoms with van der Waals surface area (Å²) in [6.07, 6.45) is 5.15. The molecule has 2 N–H and O–H groups in total. The van der Waals surface area contributed by atoms with Crippen LogP contribution in [0.3, 0.4) is 0 Å². The molecule has 5 heteroatoms. The number of nitrogens with two attached hydrogens (primary N) is 1. The normalized spacial score (nSPS) is 21.9. The monoisotopic (exact) mass is 267 g/mol. The van der Waals surface area contributed by atoms with Gasteiger partial charge >= 0.3 is 0 Å². The van der Waals surface area contributed by atoms with Crippen molar-refractivity contribution < 1.29 is 0 Å². The Balaban J connectivity index is 2.12. The largest absolute Gasteiger partial charge is 0.369 e. The maximum atomic E-state index is 6.12. The number of aliphatic imine (C=N–C) groups is 1. The number of guanidine groups is 1. The van der Waals surface area contributed by atoms with Gasteiger partial charge in [-0.1, -0.05) is 18.2 Å². The summed E-state index contributed by atoms with van der Waals surface area (Å²) >= 11 is 0. The van der Waals surface area contributed by atoms with E-state index in [-0.39, 0.29) is 0 Å². The lowest BCUT2D eigenvalue weighted by atomic mass is 9.95. The van der Waals surface area contributed by atoms with Crippen LogP contribution in [-0.2, 0) is 5.54 Å². The summed E-state index contributed by atoms with van der Waals surface area (Å²) in [5.41, 5.74) is 8.80. The quantitative estimate of drug-likeness (QED) is 0.901. The Morgan fingerprint density at radius 2 is 2.05 bits per heavy atom. The number of hydrogen-bond donors (Lipinski definition) is 1. The van der Waals surface area contributed by atoms with Crippen molar-refractivity contribution in [1.29, 1.82) is 0 Å². The van der Waals surface area contributed by atoms with Crippen LogP contribution in [-0.4, -0.2) is 22.5 Å². The zero-order valence-corrected chi connectivity index (χ0v) is 11.6. The fourth-order valence-electron chi connectivity index (χ4n) is 2.61. The van der Waals surface area contributed by atoms with Crippen molar-refractivity contribution in [3.8, 4) is 0 Å². The van der Waals surface area contributed by atoms with Crippen molar-refractivity contribution in [3.63, 3.8) is 0 Å². The van der Waals surface area contributed by atoms with Gasteiger partial charge in [0.25, 0.3) is 0 Å². The molecular formula is C15H17N5. The zero-order chi connectivity index (χ0) is 14.2. The van der Waals surface area contributed by atoms with Gasteiger partial charge in [-0.2, -0.15) is 0 Å². The van der Waals surface area contributed by atoms with Gasteiger partial charge in [-0.25, -0.2) is 0 Å². The fourth-order valence-corrected chi connectivity index (χ4v) is 2.61. The number of rotatable bonds is 2. The molecule has 0 fully saturated rings. The Bertz CT molecular complexity index is 652. The second kappa shape index (κ2) is 4.59. The van der Waals surface area contributed by atoms with E-state index in [1.807, 2.05) is 17.0 Å². The summed E-state index contributed by atoms with van der Waals surface area (Å²) < 4.78 is 0. The summed E-state index contributed by atoms with van der Waals surface area (Å²) in [5, 5.41) is 0. The van der Waals surface area contributed by atoms with Gasteiger partial charge in [-0.05, 0) is 25.5 Å². The van der Waals surface area contributed by atoms with Crippen LogP contribution in [0, 0.1) is 6.92 Å². The van der Waals surface area contributed by atoms with Crippen LogP contribution in [0.4, 0.5) is 5.69 Å². The highest BCUT2D eigenvalue weighted by Crippen LogP contribution is 2.36. The first-order valence-corrected chi connectivity index (χ1v) is 6.55. The third kappa shape index (κ3) is 1.82. The maximum Gasteiger partial charge on any atom is 0.196 e. The molecule has 1 aliphatic rings. The maximum absolute atomic E-state index is 6.12. The van der Waals surface area contributed by atoms with Crippen molar-refractivity contribution in [2.24, 2.45) is 10.7 Å². The van der Waals surface area contributed by atoms with E-state index in [0.717, 1.165) is 16.9 Å². The Labute approximate surface area is 118 Å². The molecule has 2 aromatic rings. The molecule has 0 saturated carbocycles. The van der Waals surface area contributed by atoms with Gasteiger partial charge in [0.05, 0.1) is 18.4 Å². The Kier molecular flexibility index (Phi) is 2.89. The number of aryl methyl sites for hydroxylation is 1. The minimum absolute atomic E-state index is 0.398. The van der Waals surface area contributed by atoms with E-state index in [0.29, 0.717) is 12.5 Å². The molecule has 1 aliphatic heterocycles. The highest BCUT2D eigenvalue weighted by atomic mass is 15.4. The zero-order valence-electron chi connectivity index (χ0n) is 11.6. The van der Waals surface area contributed by atoms with Crippen LogP contribution in [0.15, 0.2) is 47.8 Å². The first-order valence-electron chi connectivity index (χ1n) is 6.55. The molecule has 0 bridgehead atoms. The summed E-state index contributed by atoms with van der Waals surface area (Å²) in [5.74, 6) is 0.521. The van der Waals surface area contributed by atoms with Gasteiger partial charge in [0, 0.05) is 18.1 Å². The highest BCUT2D eigenvalue weighted by molar-refractivity contribution is 5.99. The molecule has 102 valence electrons. The number of anilines is 1. The van der Waals surface area contributed by atoms with E-state index >= 15 is 0 Å². The number of benzene rings is 1. The standard InChI is InChI=1S/C15H17N5/c1-11-5-3-4-6-12(11)20-14(16)19-10-15(20,2)13-9-17-7-8-18-13/h3-9H,10H2,1-2H3,(H2,16,19). The topological polar surface area (TPSA) is 67.4 Å². The van der Waals surface area contributed by atoms with Gasteiger partial charge in [-0.15, -0.1) is 0 Å². The van der Waals surface area contributed by atoms with E-state index in [2.05, 4.69) is 40.9 Å². The number of nitrogens with zero attached hydrogens (tertiary/aromatic N) is 4. The minimum Gasteiger partial charge on any atom is -0.369 e. The van der Waals surface area contributed by atoms with E-state index in [4.69, 9.17) is 5.73 Å². The van der Waals surface area contributed by atoms with Crippen LogP contribution in [0.2, 0.25) is 0 Å². The molecule has 2 heterocycles. The predicted octanol–water partition coefficient (Wildman–Crippen LogP) is 1.84. The van der Waals surface area contributed by atoms with Crippen LogP contribution >= 0.6 is 0 Å². The highest BCUT2D eigenvalue weighted by Gasteiger charge is 2.42. The van der Waals surface area contributed by atoms with Crippen LogP contribution in [0.5, 0.6) is 0 Å².